The maximum absolute atomic E-state index is 6.07. The highest BCUT2D eigenvalue weighted by Gasteiger charge is 2.22. The second kappa shape index (κ2) is 9.35. The third-order valence-electron chi connectivity index (χ3n) is 2.93. The zero-order valence-electron chi connectivity index (χ0n) is 12.4. The summed E-state index contributed by atoms with van der Waals surface area (Å²) >= 11 is 6.07. The van der Waals surface area contributed by atoms with Crippen molar-refractivity contribution in [3.63, 3.8) is 0 Å². The molecule has 0 aromatic heterocycles. The summed E-state index contributed by atoms with van der Waals surface area (Å²) in [7, 11) is 0. The number of hydrogen-bond donors (Lipinski definition) is 2. The molecule has 1 atom stereocenters. The van der Waals surface area contributed by atoms with Crippen molar-refractivity contribution < 1.29 is 4.74 Å². The van der Waals surface area contributed by atoms with Gasteiger partial charge in [-0.1, -0.05) is 23.7 Å². The van der Waals surface area contributed by atoms with Gasteiger partial charge >= 0.3 is 0 Å². The second-order valence-electron chi connectivity index (χ2n) is 5.00. The fourth-order valence-electron chi connectivity index (χ4n) is 1.76. The van der Waals surface area contributed by atoms with Crippen molar-refractivity contribution in [2.75, 3.05) is 13.1 Å². The molecule has 1 aromatic carbocycles. The van der Waals surface area contributed by atoms with Crippen LogP contribution in [0.5, 0.6) is 5.75 Å². The first-order chi connectivity index (χ1) is 9.69. The molecular formula is C15H23ClIN3O. The van der Waals surface area contributed by atoms with Crippen LogP contribution in [0.2, 0.25) is 5.02 Å². The number of guanidine groups is 1. The molecule has 1 aromatic rings. The molecule has 0 spiro atoms. The number of halogens is 2. The number of hydrogen-bond acceptors (Lipinski definition) is 2. The van der Waals surface area contributed by atoms with Crippen molar-refractivity contribution in [3.05, 3.63) is 29.3 Å². The summed E-state index contributed by atoms with van der Waals surface area (Å²) in [5.74, 6) is 1.57. The van der Waals surface area contributed by atoms with Gasteiger partial charge in [-0.05, 0) is 38.8 Å². The standard InChI is InChI=1S/C15H22ClN3O.HI/c1-3-17-15(19-12-8-9-12)18-10-11(2)20-14-7-5-4-6-13(14)16;/h4-7,11-12H,3,8-10H2,1-2H3,(H2,17,18,19);1H. The van der Waals surface area contributed by atoms with Gasteiger partial charge in [0.05, 0.1) is 11.6 Å². The van der Waals surface area contributed by atoms with E-state index in [-0.39, 0.29) is 30.1 Å². The molecule has 1 unspecified atom stereocenters. The van der Waals surface area contributed by atoms with E-state index in [1.807, 2.05) is 31.2 Å². The Balaban J connectivity index is 0.00000220. The fourth-order valence-corrected chi connectivity index (χ4v) is 1.94. The van der Waals surface area contributed by atoms with Crippen molar-refractivity contribution >= 4 is 41.5 Å². The minimum Gasteiger partial charge on any atom is -0.487 e. The SMILES string of the molecule is CCNC(=NCC(C)Oc1ccccc1Cl)NC1CC1.I. The Hall–Kier alpha value is -0.690. The Morgan fingerprint density at radius 3 is 2.76 bits per heavy atom. The summed E-state index contributed by atoms with van der Waals surface area (Å²) in [6.45, 7) is 5.51. The Morgan fingerprint density at radius 2 is 2.14 bits per heavy atom. The number of nitrogens with zero attached hydrogens (tertiary/aromatic N) is 1. The highest BCUT2D eigenvalue weighted by molar-refractivity contribution is 14.0. The number of ether oxygens (including phenoxy) is 1. The van der Waals surface area contributed by atoms with Gasteiger partial charge in [0.1, 0.15) is 11.9 Å². The van der Waals surface area contributed by atoms with Gasteiger partial charge < -0.3 is 15.4 Å². The van der Waals surface area contributed by atoms with Crippen molar-refractivity contribution in [1.82, 2.24) is 10.6 Å². The molecule has 6 heteroatoms. The first-order valence-corrected chi connectivity index (χ1v) is 7.53. The van der Waals surface area contributed by atoms with Crippen LogP contribution in [-0.2, 0) is 0 Å². The highest BCUT2D eigenvalue weighted by atomic mass is 127. The van der Waals surface area contributed by atoms with Crippen LogP contribution in [0, 0.1) is 0 Å². The highest BCUT2D eigenvalue weighted by Crippen LogP contribution is 2.24. The average molecular weight is 424 g/mol. The van der Waals surface area contributed by atoms with Crippen LogP contribution < -0.4 is 15.4 Å². The van der Waals surface area contributed by atoms with Crippen LogP contribution in [0.3, 0.4) is 0 Å². The van der Waals surface area contributed by atoms with E-state index in [9.17, 15) is 0 Å². The van der Waals surface area contributed by atoms with E-state index in [0.29, 0.717) is 23.4 Å². The average Bonchev–Trinajstić information content (AvgIpc) is 3.23. The zero-order valence-corrected chi connectivity index (χ0v) is 15.5. The van der Waals surface area contributed by atoms with Crippen LogP contribution in [0.25, 0.3) is 0 Å². The van der Waals surface area contributed by atoms with Crippen molar-refractivity contribution in [2.24, 2.45) is 4.99 Å². The Morgan fingerprint density at radius 1 is 1.43 bits per heavy atom. The van der Waals surface area contributed by atoms with E-state index in [4.69, 9.17) is 16.3 Å². The molecule has 21 heavy (non-hydrogen) atoms. The largest absolute Gasteiger partial charge is 0.487 e. The predicted molar refractivity (Wildman–Crippen MR) is 99.1 cm³/mol. The van der Waals surface area contributed by atoms with Gasteiger partial charge in [-0.25, -0.2) is 4.99 Å². The Labute approximate surface area is 148 Å². The third-order valence-corrected chi connectivity index (χ3v) is 3.25. The summed E-state index contributed by atoms with van der Waals surface area (Å²) in [6, 6.07) is 8.09. The van der Waals surface area contributed by atoms with E-state index in [1.54, 1.807) is 0 Å². The molecule has 1 fully saturated rings. The number of nitrogens with one attached hydrogen (secondary N) is 2. The lowest BCUT2D eigenvalue weighted by atomic mass is 10.3. The minimum atomic E-state index is -0.0236. The molecule has 1 aliphatic carbocycles. The van der Waals surface area contributed by atoms with Gasteiger partial charge in [0.15, 0.2) is 5.96 Å². The number of aliphatic imine (C=N–C) groups is 1. The quantitative estimate of drug-likeness (QED) is 0.418. The molecule has 0 amide bonds. The first-order valence-electron chi connectivity index (χ1n) is 7.15. The molecule has 118 valence electrons. The molecule has 0 heterocycles. The van der Waals surface area contributed by atoms with Gasteiger partial charge in [-0.15, -0.1) is 24.0 Å². The van der Waals surface area contributed by atoms with Crippen LogP contribution >= 0.6 is 35.6 Å². The summed E-state index contributed by atoms with van der Waals surface area (Å²) in [4.78, 5) is 4.55. The van der Waals surface area contributed by atoms with Crippen molar-refractivity contribution in [2.45, 2.75) is 38.8 Å². The first kappa shape index (κ1) is 18.4. The van der Waals surface area contributed by atoms with Crippen LogP contribution in [0.4, 0.5) is 0 Å². The molecule has 0 saturated heterocycles. The molecule has 4 nitrogen and oxygen atoms in total. The van der Waals surface area contributed by atoms with E-state index >= 15 is 0 Å². The minimum absolute atomic E-state index is 0. The maximum Gasteiger partial charge on any atom is 0.191 e. The topological polar surface area (TPSA) is 45.7 Å². The summed E-state index contributed by atoms with van der Waals surface area (Å²) in [6.07, 6.45) is 2.44. The molecule has 2 N–H and O–H groups in total. The van der Waals surface area contributed by atoms with Gasteiger partial charge in [0.25, 0.3) is 0 Å². The zero-order chi connectivity index (χ0) is 14.4. The Kier molecular flexibility index (Phi) is 8.18. The van der Waals surface area contributed by atoms with Gasteiger partial charge in [-0.2, -0.15) is 0 Å². The summed E-state index contributed by atoms with van der Waals surface area (Å²) in [5, 5.41) is 7.25. The summed E-state index contributed by atoms with van der Waals surface area (Å²) < 4.78 is 5.80. The van der Waals surface area contributed by atoms with E-state index in [1.165, 1.54) is 12.8 Å². The van der Waals surface area contributed by atoms with Crippen LogP contribution in [-0.4, -0.2) is 31.2 Å². The van der Waals surface area contributed by atoms with Crippen molar-refractivity contribution in [3.8, 4) is 5.75 Å². The van der Waals surface area contributed by atoms with Gasteiger partial charge in [-0.3, -0.25) is 0 Å². The molecule has 0 aliphatic heterocycles. The number of rotatable bonds is 6. The maximum atomic E-state index is 6.07. The normalized spacial score (nSPS) is 15.9. The lowest BCUT2D eigenvalue weighted by molar-refractivity contribution is 0.230. The molecule has 1 aliphatic rings. The lowest BCUT2D eigenvalue weighted by Gasteiger charge is -2.15. The van der Waals surface area contributed by atoms with E-state index in [0.717, 1.165) is 12.5 Å². The lowest BCUT2D eigenvalue weighted by Crippen LogP contribution is -2.39. The third kappa shape index (κ3) is 6.74. The molecule has 1 saturated carbocycles. The molecular weight excluding hydrogens is 401 g/mol. The molecule has 0 bridgehead atoms. The van der Waals surface area contributed by atoms with Gasteiger partial charge in [0, 0.05) is 12.6 Å². The monoisotopic (exact) mass is 423 g/mol. The number of benzene rings is 1. The summed E-state index contributed by atoms with van der Waals surface area (Å²) in [5.41, 5.74) is 0. The predicted octanol–water partition coefficient (Wildman–Crippen LogP) is 3.44. The van der Waals surface area contributed by atoms with Crippen molar-refractivity contribution in [1.29, 1.82) is 0 Å². The Bertz CT molecular complexity index is 466. The molecule has 0 radical (unpaired) electrons. The molecule has 2 rings (SSSR count). The van der Waals surface area contributed by atoms with E-state index in [2.05, 4.69) is 22.5 Å². The fraction of sp³-hybridized carbons (Fsp3) is 0.533. The number of para-hydroxylation sites is 1. The van der Waals surface area contributed by atoms with Crippen LogP contribution in [0.1, 0.15) is 26.7 Å². The second-order valence-corrected chi connectivity index (χ2v) is 5.40. The smallest absolute Gasteiger partial charge is 0.191 e. The van der Waals surface area contributed by atoms with E-state index < -0.39 is 0 Å². The van der Waals surface area contributed by atoms with Gasteiger partial charge in [0.2, 0.25) is 0 Å². The van der Waals surface area contributed by atoms with Crippen LogP contribution in [0.15, 0.2) is 29.3 Å².